The summed E-state index contributed by atoms with van der Waals surface area (Å²) in [6.07, 6.45) is 0. The first kappa shape index (κ1) is 11.6. The Morgan fingerprint density at radius 2 is 1.75 bits per heavy atom. The number of aryl methyl sites for hydroxylation is 1. The maximum atomic E-state index is 5.93. The molecule has 0 unspecified atom stereocenters. The van der Waals surface area contributed by atoms with Gasteiger partial charge in [0.25, 0.3) is 0 Å². The molecule has 0 spiro atoms. The summed E-state index contributed by atoms with van der Waals surface area (Å²) >= 11 is 16.9. The van der Waals surface area contributed by atoms with Crippen molar-refractivity contribution in [2.45, 2.75) is 6.92 Å². The molecule has 1 aromatic carbocycles. The Labute approximate surface area is 108 Å². The fourth-order valence-corrected chi connectivity index (χ4v) is 2.21. The number of H-pyrrole nitrogens is 1. The molecule has 2 rings (SSSR count). The third-order valence-corrected chi connectivity index (χ3v) is 2.67. The molecule has 0 radical (unpaired) electrons. The minimum atomic E-state index is 0.450. The minimum Gasteiger partial charge on any atom is -0.335 e. The molecule has 1 heterocycles. The van der Waals surface area contributed by atoms with E-state index in [1.165, 1.54) is 0 Å². The van der Waals surface area contributed by atoms with Crippen molar-refractivity contribution < 1.29 is 0 Å². The molecule has 0 bridgehead atoms. The number of rotatable bonds is 1. The molecule has 0 amide bonds. The first-order valence-electron chi connectivity index (χ1n) is 4.59. The second kappa shape index (κ2) is 4.53. The maximum absolute atomic E-state index is 5.93. The van der Waals surface area contributed by atoms with Gasteiger partial charge < -0.3 is 4.98 Å². The van der Waals surface area contributed by atoms with Gasteiger partial charge in [-0.3, -0.25) is 0 Å². The highest BCUT2D eigenvalue weighted by molar-refractivity contribution is 7.71. The molecule has 82 valence electrons. The third kappa shape index (κ3) is 2.61. The number of nitrogens with one attached hydrogen (secondary N) is 1. The van der Waals surface area contributed by atoms with Crippen molar-refractivity contribution in [3.05, 3.63) is 44.8 Å². The second-order valence-corrected chi connectivity index (χ2v) is 4.67. The zero-order valence-electron chi connectivity index (χ0n) is 8.42. The number of aromatic nitrogens is 2. The molecule has 0 aliphatic rings. The highest BCUT2D eigenvalue weighted by Gasteiger charge is 2.03. The van der Waals surface area contributed by atoms with Crippen LogP contribution in [0.4, 0.5) is 0 Å². The van der Waals surface area contributed by atoms with Gasteiger partial charge in [-0.2, -0.15) is 0 Å². The fourth-order valence-electron chi connectivity index (χ4n) is 1.43. The van der Waals surface area contributed by atoms with E-state index >= 15 is 0 Å². The van der Waals surface area contributed by atoms with Gasteiger partial charge in [-0.25, -0.2) is 4.98 Å². The summed E-state index contributed by atoms with van der Waals surface area (Å²) in [5, 5.41) is 1.17. The quantitative estimate of drug-likeness (QED) is 0.778. The van der Waals surface area contributed by atoms with Crippen molar-refractivity contribution in [2.24, 2.45) is 0 Å². The van der Waals surface area contributed by atoms with Gasteiger partial charge in [-0.1, -0.05) is 23.2 Å². The first-order chi connectivity index (χ1) is 7.54. The minimum absolute atomic E-state index is 0.450. The first-order valence-corrected chi connectivity index (χ1v) is 5.75. The number of benzene rings is 1. The van der Waals surface area contributed by atoms with Crippen LogP contribution in [0.1, 0.15) is 5.69 Å². The van der Waals surface area contributed by atoms with Gasteiger partial charge in [0.2, 0.25) is 0 Å². The molecule has 2 nitrogen and oxygen atoms in total. The van der Waals surface area contributed by atoms with Crippen molar-refractivity contribution in [3.63, 3.8) is 0 Å². The van der Waals surface area contributed by atoms with Crippen LogP contribution in [-0.2, 0) is 0 Å². The molecular weight excluding hydrogens is 263 g/mol. The van der Waals surface area contributed by atoms with Crippen LogP contribution < -0.4 is 0 Å². The molecule has 0 saturated heterocycles. The Balaban J connectivity index is 2.62. The monoisotopic (exact) mass is 270 g/mol. The molecule has 2 aromatic rings. The van der Waals surface area contributed by atoms with Gasteiger partial charge in [0, 0.05) is 21.3 Å². The highest BCUT2D eigenvalue weighted by Crippen LogP contribution is 2.25. The standard InChI is InChI=1S/C11H8Cl2N2S/c1-6-2-10(15-11(16)14-6)7-3-8(12)5-9(13)4-7/h2-5H,1H3,(H,14,15,16). The molecular formula is C11H8Cl2N2S. The van der Waals surface area contributed by atoms with E-state index < -0.39 is 0 Å². The Bertz CT molecular complexity index is 573. The summed E-state index contributed by atoms with van der Waals surface area (Å²) in [6.45, 7) is 1.92. The molecule has 1 N–H and O–H groups in total. The molecule has 0 saturated carbocycles. The topological polar surface area (TPSA) is 28.7 Å². The summed E-state index contributed by atoms with van der Waals surface area (Å²) in [7, 11) is 0. The lowest BCUT2D eigenvalue weighted by Crippen LogP contribution is -1.90. The van der Waals surface area contributed by atoms with Crippen LogP contribution >= 0.6 is 35.4 Å². The van der Waals surface area contributed by atoms with Crippen LogP contribution in [0.2, 0.25) is 10.0 Å². The van der Waals surface area contributed by atoms with Crippen LogP contribution in [0.5, 0.6) is 0 Å². The number of hydrogen-bond acceptors (Lipinski definition) is 2. The van der Waals surface area contributed by atoms with Gasteiger partial charge in [0.1, 0.15) is 0 Å². The molecule has 0 aliphatic heterocycles. The molecule has 1 aromatic heterocycles. The third-order valence-electron chi connectivity index (χ3n) is 2.04. The largest absolute Gasteiger partial charge is 0.335 e. The van der Waals surface area contributed by atoms with Crippen LogP contribution in [0, 0.1) is 11.7 Å². The normalized spacial score (nSPS) is 10.4. The van der Waals surface area contributed by atoms with Gasteiger partial charge in [-0.05, 0) is 43.4 Å². The van der Waals surface area contributed by atoms with E-state index in [1.54, 1.807) is 6.07 Å². The fraction of sp³-hybridized carbons (Fsp3) is 0.0909. The number of hydrogen-bond donors (Lipinski definition) is 1. The average Bonchev–Trinajstić information content (AvgIpc) is 2.14. The van der Waals surface area contributed by atoms with Gasteiger partial charge >= 0.3 is 0 Å². The average molecular weight is 271 g/mol. The van der Waals surface area contributed by atoms with Gasteiger partial charge in [0.15, 0.2) is 4.77 Å². The van der Waals surface area contributed by atoms with E-state index in [-0.39, 0.29) is 0 Å². The van der Waals surface area contributed by atoms with E-state index in [1.807, 2.05) is 25.1 Å². The van der Waals surface area contributed by atoms with E-state index in [0.29, 0.717) is 14.8 Å². The van der Waals surface area contributed by atoms with Crippen molar-refractivity contribution in [1.82, 2.24) is 9.97 Å². The Morgan fingerprint density at radius 3 is 2.31 bits per heavy atom. The summed E-state index contributed by atoms with van der Waals surface area (Å²) in [6, 6.07) is 7.20. The van der Waals surface area contributed by atoms with E-state index in [0.717, 1.165) is 17.0 Å². The molecule has 0 atom stereocenters. The maximum Gasteiger partial charge on any atom is 0.197 e. The molecule has 0 fully saturated rings. The van der Waals surface area contributed by atoms with Gasteiger partial charge in [0.05, 0.1) is 5.69 Å². The van der Waals surface area contributed by atoms with Crippen molar-refractivity contribution in [3.8, 4) is 11.3 Å². The summed E-state index contributed by atoms with van der Waals surface area (Å²) in [4.78, 5) is 7.18. The zero-order valence-corrected chi connectivity index (χ0v) is 10.7. The predicted octanol–water partition coefficient (Wildman–Crippen LogP) is 4.42. The van der Waals surface area contributed by atoms with E-state index in [4.69, 9.17) is 35.4 Å². The van der Waals surface area contributed by atoms with Crippen molar-refractivity contribution in [2.75, 3.05) is 0 Å². The number of aromatic amines is 1. The lowest BCUT2D eigenvalue weighted by Gasteiger charge is -2.03. The SMILES string of the molecule is Cc1cc(-c2cc(Cl)cc(Cl)c2)nc(=S)[nH]1. The predicted molar refractivity (Wildman–Crippen MR) is 69.6 cm³/mol. The van der Waals surface area contributed by atoms with Crippen molar-refractivity contribution >= 4 is 35.4 Å². The molecule has 0 aliphatic carbocycles. The van der Waals surface area contributed by atoms with Crippen LogP contribution in [-0.4, -0.2) is 9.97 Å². The number of halogens is 2. The second-order valence-electron chi connectivity index (χ2n) is 3.41. The van der Waals surface area contributed by atoms with Crippen LogP contribution in [0.15, 0.2) is 24.3 Å². The Kier molecular flexibility index (Phi) is 3.28. The number of nitrogens with zero attached hydrogens (tertiary/aromatic N) is 1. The summed E-state index contributed by atoms with van der Waals surface area (Å²) < 4.78 is 0.450. The lowest BCUT2D eigenvalue weighted by atomic mass is 10.1. The Morgan fingerprint density at radius 1 is 1.12 bits per heavy atom. The van der Waals surface area contributed by atoms with Crippen LogP contribution in [0.3, 0.4) is 0 Å². The summed E-state index contributed by atoms with van der Waals surface area (Å²) in [5.74, 6) is 0. The van der Waals surface area contributed by atoms with Crippen molar-refractivity contribution in [1.29, 1.82) is 0 Å². The van der Waals surface area contributed by atoms with Crippen LogP contribution in [0.25, 0.3) is 11.3 Å². The van der Waals surface area contributed by atoms with Gasteiger partial charge in [-0.15, -0.1) is 0 Å². The zero-order chi connectivity index (χ0) is 11.7. The lowest BCUT2D eigenvalue weighted by molar-refractivity contribution is 1.08. The van der Waals surface area contributed by atoms with E-state index in [2.05, 4.69) is 9.97 Å². The summed E-state index contributed by atoms with van der Waals surface area (Å²) in [5.41, 5.74) is 2.58. The smallest absolute Gasteiger partial charge is 0.197 e. The Hall–Kier alpha value is -0.900. The van der Waals surface area contributed by atoms with E-state index in [9.17, 15) is 0 Å². The highest BCUT2D eigenvalue weighted by atomic mass is 35.5. The molecule has 5 heteroatoms. The molecule has 16 heavy (non-hydrogen) atoms.